The highest BCUT2D eigenvalue weighted by Crippen LogP contribution is 2.24. The first-order valence-corrected chi connectivity index (χ1v) is 7.47. The molecule has 3 aromatic rings. The predicted octanol–water partition coefficient (Wildman–Crippen LogP) is 3.51. The van der Waals surface area contributed by atoms with Gasteiger partial charge in [-0.15, -0.1) is 27.8 Å². The van der Waals surface area contributed by atoms with E-state index in [-0.39, 0.29) is 11.9 Å². The Bertz CT molecular complexity index is 715. The number of anilines is 1. The van der Waals surface area contributed by atoms with E-state index in [0.29, 0.717) is 5.89 Å². The number of amides is 1. The van der Waals surface area contributed by atoms with Crippen LogP contribution < -0.4 is 5.32 Å². The van der Waals surface area contributed by atoms with Crippen molar-refractivity contribution in [2.45, 2.75) is 0 Å². The monoisotopic (exact) mass is 303 g/mol. The minimum atomic E-state index is -0.306. The minimum absolute atomic E-state index is 0.0919. The molecular weight excluding hydrogens is 294 g/mol. The van der Waals surface area contributed by atoms with Crippen molar-refractivity contribution in [3.63, 3.8) is 0 Å². The Labute approximate surface area is 122 Å². The molecule has 0 saturated carbocycles. The summed E-state index contributed by atoms with van der Waals surface area (Å²) in [6.45, 7) is 0. The fourth-order valence-corrected chi connectivity index (χ4v) is 2.73. The van der Waals surface area contributed by atoms with Gasteiger partial charge < -0.3 is 4.42 Å². The van der Waals surface area contributed by atoms with Gasteiger partial charge in [0.15, 0.2) is 0 Å². The summed E-state index contributed by atoms with van der Waals surface area (Å²) >= 11 is 3.05. The molecule has 3 heterocycles. The normalized spacial score (nSPS) is 11.0. The zero-order valence-corrected chi connectivity index (χ0v) is 11.8. The molecule has 0 aromatic carbocycles. The molecule has 20 heavy (non-hydrogen) atoms. The molecule has 0 aliphatic carbocycles. The van der Waals surface area contributed by atoms with Gasteiger partial charge in [0.1, 0.15) is 0 Å². The van der Waals surface area contributed by atoms with Gasteiger partial charge in [0, 0.05) is 11.0 Å². The Balaban J connectivity index is 1.65. The predicted molar refractivity (Wildman–Crippen MR) is 79.6 cm³/mol. The van der Waals surface area contributed by atoms with E-state index in [2.05, 4.69) is 15.5 Å². The fourth-order valence-electron chi connectivity index (χ4n) is 1.46. The largest absolute Gasteiger partial charge is 0.402 e. The number of hydrogen-bond donors (Lipinski definition) is 1. The number of aromatic nitrogens is 2. The first-order chi connectivity index (χ1) is 9.81. The van der Waals surface area contributed by atoms with Crippen molar-refractivity contribution in [1.29, 1.82) is 0 Å². The molecule has 1 amide bonds. The highest BCUT2D eigenvalue weighted by molar-refractivity contribution is 7.13. The Morgan fingerprint density at radius 3 is 2.80 bits per heavy atom. The molecule has 7 heteroatoms. The van der Waals surface area contributed by atoms with E-state index in [1.807, 2.05) is 35.0 Å². The second kappa shape index (κ2) is 5.81. The van der Waals surface area contributed by atoms with Crippen LogP contribution in [0.15, 0.2) is 45.5 Å². The van der Waals surface area contributed by atoms with Crippen LogP contribution in [0.3, 0.4) is 0 Å². The van der Waals surface area contributed by atoms with Crippen LogP contribution in [-0.4, -0.2) is 16.1 Å². The fraction of sp³-hybridized carbons (Fsp3) is 0. The molecule has 0 bridgehead atoms. The molecule has 0 fully saturated rings. The number of rotatable bonds is 4. The third kappa shape index (κ3) is 3.01. The third-order valence-electron chi connectivity index (χ3n) is 2.33. The van der Waals surface area contributed by atoms with Crippen LogP contribution >= 0.6 is 22.7 Å². The number of hydrogen-bond acceptors (Lipinski definition) is 6. The Hall–Kier alpha value is -2.25. The average Bonchev–Trinajstić information content (AvgIpc) is 3.18. The Kier molecular flexibility index (Phi) is 3.71. The minimum Gasteiger partial charge on any atom is -0.402 e. The van der Waals surface area contributed by atoms with Crippen LogP contribution in [0.1, 0.15) is 4.88 Å². The summed E-state index contributed by atoms with van der Waals surface area (Å²) in [6, 6.07) is 7.71. The van der Waals surface area contributed by atoms with Gasteiger partial charge in [0.05, 0.1) is 4.88 Å². The smallest absolute Gasteiger partial charge is 0.322 e. The van der Waals surface area contributed by atoms with Gasteiger partial charge in [-0.1, -0.05) is 17.2 Å². The maximum absolute atomic E-state index is 11.7. The lowest BCUT2D eigenvalue weighted by Gasteiger charge is -1.93. The maximum atomic E-state index is 11.7. The molecule has 0 aliphatic heterocycles. The Morgan fingerprint density at radius 2 is 2.05 bits per heavy atom. The quantitative estimate of drug-likeness (QED) is 0.749. The summed E-state index contributed by atoms with van der Waals surface area (Å²) in [7, 11) is 0. The third-order valence-corrected chi connectivity index (χ3v) is 4.02. The maximum Gasteiger partial charge on any atom is 0.322 e. The lowest BCUT2D eigenvalue weighted by molar-refractivity contribution is -0.112. The van der Waals surface area contributed by atoms with E-state index in [9.17, 15) is 4.79 Å². The topological polar surface area (TPSA) is 68.0 Å². The zero-order chi connectivity index (χ0) is 13.8. The molecule has 1 N–H and O–H groups in total. The van der Waals surface area contributed by atoms with Gasteiger partial charge in [-0.25, -0.2) is 0 Å². The molecule has 3 rings (SSSR count). The second-order valence-electron chi connectivity index (χ2n) is 3.73. The summed E-state index contributed by atoms with van der Waals surface area (Å²) in [5.41, 5.74) is 0. The van der Waals surface area contributed by atoms with Gasteiger partial charge >= 0.3 is 6.01 Å². The lowest BCUT2D eigenvalue weighted by atomic mass is 10.4. The van der Waals surface area contributed by atoms with Crippen LogP contribution in [0.2, 0.25) is 0 Å². The first kappa shape index (κ1) is 12.8. The number of nitrogens with zero attached hydrogens (tertiary/aromatic N) is 2. The van der Waals surface area contributed by atoms with E-state index < -0.39 is 0 Å². The van der Waals surface area contributed by atoms with Crippen molar-refractivity contribution in [1.82, 2.24) is 10.2 Å². The SMILES string of the molecule is O=C(/C=C/c1cccs1)Nc1nnc(-c2cccs2)o1. The second-order valence-corrected chi connectivity index (χ2v) is 5.65. The van der Waals surface area contributed by atoms with Crippen LogP contribution in [0, 0.1) is 0 Å². The lowest BCUT2D eigenvalue weighted by Crippen LogP contribution is -2.07. The average molecular weight is 303 g/mol. The van der Waals surface area contributed by atoms with E-state index in [1.54, 1.807) is 17.4 Å². The molecule has 0 radical (unpaired) electrons. The first-order valence-electron chi connectivity index (χ1n) is 5.71. The van der Waals surface area contributed by atoms with Crippen LogP contribution in [0.4, 0.5) is 6.01 Å². The van der Waals surface area contributed by atoms with Crippen molar-refractivity contribution in [2.24, 2.45) is 0 Å². The van der Waals surface area contributed by atoms with Crippen molar-refractivity contribution in [2.75, 3.05) is 5.32 Å². The van der Waals surface area contributed by atoms with Crippen LogP contribution in [0.25, 0.3) is 16.8 Å². The summed E-state index contributed by atoms with van der Waals surface area (Å²) in [6.07, 6.45) is 3.16. The molecular formula is C13H9N3O2S2. The van der Waals surface area contributed by atoms with Gasteiger partial charge in [-0.3, -0.25) is 10.1 Å². The molecule has 0 saturated heterocycles. The van der Waals surface area contributed by atoms with Crippen molar-refractivity contribution in [3.8, 4) is 10.8 Å². The van der Waals surface area contributed by atoms with Gasteiger partial charge in [0.2, 0.25) is 0 Å². The van der Waals surface area contributed by atoms with Crippen LogP contribution in [-0.2, 0) is 4.79 Å². The molecule has 3 aromatic heterocycles. The Morgan fingerprint density at radius 1 is 1.20 bits per heavy atom. The van der Waals surface area contributed by atoms with E-state index in [1.165, 1.54) is 17.4 Å². The van der Waals surface area contributed by atoms with Crippen molar-refractivity contribution in [3.05, 3.63) is 46.0 Å². The molecule has 0 aliphatic rings. The van der Waals surface area contributed by atoms with E-state index >= 15 is 0 Å². The molecule has 0 unspecified atom stereocenters. The summed E-state index contributed by atoms with van der Waals surface area (Å²) < 4.78 is 5.36. The summed E-state index contributed by atoms with van der Waals surface area (Å²) in [5, 5.41) is 14.1. The standard InChI is InChI=1S/C13H9N3O2S2/c17-11(6-5-9-3-1-7-19-9)14-13-16-15-12(18-13)10-4-2-8-20-10/h1-8H,(H,14,16,17)/b6-5+. The van der Waals surface area contributed by atoms with Crippen LogP contribution in [0.5, 0.6) is 0 Å². The van der Waals surface area contributed by atoms with Gasteiger partial charge in [-0.05, 0) is 29.0 Å². The molecule has 0 atom stereocenters. The van der Waals surface area contributed by atoms with E-state index in [0.717, 1.165) is 9.75 Å². The number of nitrogens with one attached hydrogen (secondary N) is 1. The molecule has 100 valence electrons. The molecule has 0 spiro atoms. The zero-order valence-electron chi connectivity index (χ0n) is 10.1. The van der Waals surface area contributed by atoms with E-state index in [4.69, 9.17) is 4.42 Å². The highest BCUT2D eigenvalue weighted by Gasteiger charge is 2.10. The summed E-state index contributed by atoms with van der Waals surface area (Å²) in [5.74, 6) is 0.0947. The molecule has 5 nitrogen and oxygen atoms in total. The van der Waals surface area contributed by atoms with Gasteiger partial charge in [-0.2, -0.15) is 0 Å². The van der Waals surface area contributed by atoms with Crippen molar-refractivity contribution < 1.29 is 9.21 Å². The summed E-state index contributed by atoms with van der Waals surface area (Å²) in [4.78, 5) is 13.6. The number of carbonyl (C=O) groups excluding carboxylic acids is 1. The van der Waals surface area contributed by atoms with Crippen molar-refractivity contribution >= 4 is 40.7 Å². The van der Waals surface area contributed by atoms with Gasteiger partial charge in [0.25, 0.3) is 11.8 Å². The number of thiophene rings is 2. The number of carbonyl (C=O) groups is 1. The highest BCUT2D eigenvalue weighted by atomic mass is 32.1.